The number of carbonyl (C=O) groups excluding carboxylic acids is 2. The minimum absolute atomic E-state index is 0.0686. The zero-order valence-corrected chi connectivity index (χ0v) is 16.6. The standard InChI is InChI=1S/C21H18F2N2O3S/c1-12-3-5-14(6-4-12)21-25-16(11-29-21)10-19(26)28-13(2)20(27)24-15-7-8-17(22)18(23)9-15/h3-9,11,13H,10H2,1-2H3,(H,24,27)/t13-/m1/s1. The third kappa shape index (κ3) is 5.45. The van der Waals surface area contributed by atoms with Crippen LogP contribution in [0.5, 0.6) is 0 Å². The minimum Gasteiger partial charge on any atom is -0.452 e. The first-order valence-corrected chi connectivity index (χ1v) is 9.66. The largest absolute Gasteiger partial charge is 0.452 e. The van der Waals surface area contributed by atoms with Crippen molar-refractivity contribution in [3.05, 3.63) is 70.7 Å². The fourth-order valence-electron chi connectivity index (χ4n) is 2.47. The van der Waals surface area contributed by atoms with Crippen LogP contribution in [0.1, 0.15) is 18.2 Å². The summed E-state index contributed by atoms with van der Waals surface area (Å²) in [5.74, 6) is -3.36. The van der Waals surface area contributed by atoms with Crippen LogP contribution >= 0.6 is 11.3 Å². The minimum atomic E-state index is -1.11. The molecule has 8 heteroatoms. The van der Waals surface area contributed by atoms with Gasteiger partial charge in [0.05, 0.1) is 12.1 Å². The van der Waals surface area contributed by atoms with Crippen LogP contribution in [0.4, 0.5) is 14.5 Å². The highest BCUT2D eigenvalue weighted by Crippen LogP contribution is 2.24. The number of thiazole rings is 1. The molecule has 2 aromatic carbocycles. The van der Waals surface area contributed by atoms with Gasteiger partial charge in [-0.1, -0.05) is 29.8 Å². The first-order valence-electron chi connectivity index (χ1n) is 8.78. The number of carbonyl (C=O) groups is 2. The summed E-state index contributed by atoms with van der Waals surface area (Å²) in [6.07, 6.45) is -1.18. The van der Waals surface area contributed by atoms with Crippen LogP contribution in [-0.4, -0.2) is 23.0 Å². The Morgan fingerprint density at radius 3 is 2.55 bits per heavy atom. The molecule has 0 aliphatic heterocycles. The summed E-state index contributed by atoms with van der Waals surface area (Å²) in [6, 6.07) is 10.9. The second kappa shape index (κ2) is 8.91. The molecule has 1 aromatic heterocycles. The molecule has 0 aliphatic carbocycles. The molecule has 0 saturated heterocycles. The summed E-state index contributed by atoms with van der Waals surface area (Å²) >= 11 is 1.42. The third-order valence-electron chi connectivity index (χ3n) is 4.04. The van der Waals surface area contributed by atoms with E-state index in [1.165, 1.54) is 24.3 Å². The fourth-order valence-corrected chi connectivity index (χ4v) is 3.30. The number of rotatable bonds is 6. The van der Waals surface area contributed by atoms with Crippen LogP contribution < -0.4 is 5.32 Å². The van der Waals surface area contributed by atoms with Crippen molar-refractivity contribution >= 4 is 28.9 Å². The van der Waals surface area contributed by atoms with Gasteiger partial charge in [-0.2, -0.15) is 0 Å². The molecule has 0 fully saturated rings. The van der Waals surface area contributed by atoms with Crippen molar-refractivity contribution < 1.29 is 23.1 Å². The van der Waals surface area contributed by atoms with Gasteiger partial charge in [0.25, 0.3) is 5.91 Å². The SMILES string of the molecule is Cc1ccc(-c2nc(CC(=O)O[C@H](C)C(=O)Nc3ccc(F)c(F)c3)cs2)cc1. The predicted molar refractivity (Wildman–Crippen MR) is 107 cm³/mol. The molecule has 0 spiro atoms. The van der Waals surface area contributed by atoms with Crippen LogP contribution in [0.3, 0.4) is 0 Å². The summed E-state index contributed by atoms with van der Waals surface area (Å²) < 4.78 is 31.3. The number of aromatic nitrogens is 1. The van der Waals surface area contributed by atoms with Crippen molar-refractivity contribution in [1.29, 1.82) is 0 Å². The molecule has 0 aliphatic rings. The summed E-state index contributed by atoms with van der Waals surface area (Å²) in [7, 11) is 0. The van der Waals surface area contributed by atoms with E-state index in [1.54, 1.807) is 5.38 Å². The molecule has 0 unspecified atom stereocenters. The molecule has 29 heavy (non-hydrogen) atoms. The molecule has 3 rings (SSSR count). The molecule has 1 N–H and O–H groups in total. The third-order valence-corrected chi connectivity index (χ3v) is 4.98. The number of ether oxygens (including phenoxy) is 1. The molecular weight excluding hydrogens is 398 g/mol. The molecule has 0 radical (unpaired) electrons. The highest BCUT2D eigenvalue weighted by molar-refractivity contribution is 7.13. The Morgan fingerprint density at radius 1 is 1.14 bits per heavy atom. The quantitative estimate of drug-likeness (QED) is 0.601. The van der Waals surface area contributed by atoms with Gasteiger partial charge in [-0.15, -0.1) is 11.3 Å². The van der Waals surface area contributed by atoms with E-state index in [4.69, 9.17) is 4.74 Å². The van der Waals surface area contributed by atoms with Gasteiger partial charge in [0.2, 0.25) is 0 Å². The Morgan fingerprint density at radius 2 is 1.86 bits per heavy atom. The number of amides is 1. The van der Waals surface area contributed by atoms with Gasteiger partial charge in [-0.05, 0) is 26.0 Å². The van der Waals surface area contributed by atoms with Gasteiger partial charge < -0.3 is 10.1 Å². The molecule has 3 aromatic rings. The topological polar surface area (TPSA) is 68.3 Å². The zero-order valence-electron chi connectivity index (χ0n) is 15.7. The molecule has 0 bridgehead atoms. The number of benzene rings is 2. The first-order chi connectivity index (χ1) is 13.8. The van der Waals surface area contributed by atoms with Gasteiger partial charge in [0.1, 0.15) is 5.01 Å². The van der Waals surface area contributed by atoms with Gasteiger partial charge in [0, 0.05) is 22.7 Å². The van der Waals surface area contributed by atoms with E-state index in [0.717, 1.165) is 28.3 Å². The Balaban J connectivity index is 1.55. The number of nitrogens with zero attached hydrogens (tertiary/aromatic N) is 1. The number of hydrogen-bond donors (Lipinski definition) is 1. The van der Waals surface area contributed by atoms with E-state index in [-0.39, 0.29) is 12.1 Å². The van der Waals surface area contributed by atoms with Crippen LogP contribution in [0.2, 0.25) is 0 Å². The number of aryl methyl sites for hydroxylation is 1. The van der Waals surface area contributed by atoms with E-state index in [2.05, 4.69) is 10.3 Å². The maximum absolute atomic E-state index is 13.2. The number of nitrogens with one attached hydrogen (secondary N) is 1. The van der Waals surface area contributed by atoms with Crippen molar-refractivity contribution in [3.63, 3.8) is 0 Å². The smallest absolute Gasteiger partial charge is 0.312 e. The van der Waals surface area contributed by atoms with Crippen LogP contribution in [0, 0.1) is 18.6 Å². The van der Waals surface area contributed by atoms with Crippen molar-refractivity contribution in [2.75, 3.05) is 5.32 Å². The van der Waals surface area contributed by atoms with E-state index >= 15 is 0 Å². The molecule has 1 atom stereocenters. The van der Waals surface area contributed by atoms with Crippen LogP contribution in [0.25, 0.3) is 10.6 Å². The maximum Gasteiger partial charge on any atom is 0.312 e. The average Bonchev–Trinajstić information content (AvgIpc) is 3.13. The highest BCUT2D eigenvalue weighted by Gasteiger charge is 2.19. The maximum atomic E-state index is 13.2. The van der Waals surface area contributed by atoms with E-state index in [1.807, 2.05) is 31.2 Å². The Bertz CT molecular complexity index is 1030. The number of anilines is 1. The number of esters is 1. The van der Waals surface area contributed by atoms with Crippen molar-refractivity contribution in [1.82, 2.24) is 4.98 Å². The van der Waals surface area contributed by atoms with Gasteiger partial charge in [-0.3, -0.25) is 9.59 Å². The highest BCUT2D eigenvalue weighted by atomic mass is 32.1. The van der Waals surface area contributed by atoms with Crippen LogP contribution in [0.15, 0.2) is 47.8 Å². The lowest BCUT2D eigenvalue weighted by Gasteiger charge is -2.13. The molecule has 1 heterocycles. The van der Waals surface area contributed by atoms with Gasteiger partial charge in [-0.25, -0.2) is 13.8 Å². The number of halogens is 2. The fraction of sp³-hybridized carbons (Fsp3) is 0.190. The Hall–Kier alpha value is -3.13. The lowest BCUT2D eigenvalue weighted by Crippen LogP contribution is -2.30. The Kier molecular flexibility index (Phi) is 6.33. The molecule has 1 amide bonds. The van der Waals surface area contributed by atoms with Crippen molar-refractivity contribution in [2.45, 2.75) is 26.4 Å². The summed E-state index contributed by atoms with van der Waals surface area (Å²) in [5, 5.41) is 4.93. The summed E-state index contributed by atoms with van der Waals surface area (Å²) in [6.45, 7) is 3.39. The summed E-state index contributed by atoms with van der Waals surface area (Å²) in [5.41, 5.74) is 2.71. The second-order valence-corrected chi connectivity index (χ2v) is 7.30. The van der Waals surface area contributed by atoms with Crippen LogP contribution in [-0.2, 0) is 20.7 Å². The average molecular weight is 416 g/mol. The Labute approximate surface area is 170 Å². The zero-order chi connectivity index (χ0) is 21.0. The lowest BCUT2D eigenvalue weighted by molar-refractivity contribution is -0.152. The molecule has 150 valence electrons. The molecule has 0 saturated carbocycles. The summed E-state index contributed by atoms with van der Waals surface area (Å²) in [4.78, 5) is 28.6. The normalized spacial score (nSPS) is 11.7. The molecular formula is C21H18F2N2O3S. The molecule has 5 nitrogen and oxygen atoms in total. The van der Waals surface area contributed by atoms with Gasteiger partial charge >= 0.3 is 5.97 Å². The van der Waals surface area contributed by atoms with Crippen molar-refractivity contribution in [3.8, 4) is 10.6 Å². The monoisotopic (exact) mass is 416 g/mol. The predicted octanol–water partition coefficient (Wildman–Crippen LogP) is 4.51. The van der Waals surface area contributed by atoms with Crippen molar-refractivity contribution in [2.24, 2.45) is 0 Å². The van der Waals surface area contributed by atoms with E-state index in [0.29, 0.717) is 5.69 Å². The van der Waals surface area contributed by atoms with E-state index < -0.39 is 29.6 Å². The lowest BCUT2D eigenvalue weighted by atomic mass is 10.2. The second-order valence-electron chi connectivity index (χ2n) is 6.44. The number of hydrogen-bond acceptors (Lipinski definition) is 5. The first kappa shape index (κ1) is 20.6. The van der Waals surface area contributed by atoms with Gasteiger partial charge in [0.15, 0.2) is 17.7 Å². The van der Waals surface area contributed by atoms with E-state index in [9.17, 15) is 18.4 Å².